The Hall–Kier alpha value is -5.58. The number of amides is 1. The predicted molar refractivity (Wildman–Crippen MR) is 177 cm³/mol. The fourth-order valence-electron chi connectivity index (χ4n) is 5.93. The SMILES string of the molecule is CCn1c2ccccc2c2cc(NC(=O)c3cc4ccccc4c(/N=N/c4ccc(S(=O)(=O)O)c5ccccc45)c3O)ccc21. The van der Waals surface area contributed by atoms with Crippen molar-refractivity contribution in [3.05, 3.63) is 115 Å². The number of nitrogens with one attached hydrogen (secondary N) is 1. The fourth-order valence-corrected chi connectivity index (χ4v) is 6.63. The number of para-hydroxylation sites is 1. The van der Waals surface area contributed by atoms with E-state index in [1.54, 1.807) is 42.5 Å². The molecule has 1 aromatic heterocycles. The monoisotopic (exact) mass is 614 g/mol. The molecule has 0 spiro atoms. The third-order valence-electron chi connectivity index (χ3n) is 7.98. The van der Waals surface area contributed by atoms with Crippen molar-refractivity contribution in [3.8, 4) is 5.75 Å². The number of aryl methyl sites for hydroxylation is 1. The van der Waals surface area contributed by atoms with E-state index < -0.39 is 16.0 Å². The van der Waals surface area contributed by atoms with Crippen LogP contribution in [-0.2, 0) is 16.7 Å². The van der Waals surface area contributed by atoms with Gasteiger partial charge in [-0.3, -0.25) is 9.35 Å². The van der Waals surface area contributed by atoms with Crippen molar-refractivity contribution in [1.29, 1.82) is 0 Å². The maximum absolute atomic E-state index is 13.6. The average molecular weight is 615 g/mol. The quantitative estimate of drug-likeness (QED) is 0.127. The Bertz CT molecular complexity index is 2470. The van der Waals surface area contributed by atoms with E-state index in [0.29, 0.717) is 27.5 Å². The van der Waals surface area contributed by atoms with Gasteiger partial charge in [-0.25, -0.2) is 0 Å². The van der Waals surface area contributed by atoms with Crippen molar-refractivity contribution in [2.24, 2.45) is 10.2 Å². The van der Waals surface area contributed by atoms with Gasteiger partial charge >= 0.3 is 0 Å². The van der Waals surface area contributed by atoms with Crippen LogP contribution in [0.3, 0.4) is 0 Å². The molecule has 1 heterocycles. The topological polar surface area (TPSA) is 133 Å². The Morgan fingerprint density at radius 2 is 1.42 bits per heavy atom. The summed E-state index contributed by atoms with van der Waals surface area (Å²) in [6.45, 7) is 2.90. The Labute approximate surface area is 257 Å². The number of anilines is 1. The van der Waals surface area contributed by atoms with Gasteiger partial charge in [-0.15, -0.1) is 10.2 Å². The van der Waals surface area contributed by atoms with E-state index in [2.05, 4.69) is 39.2 Å². The first kappa shape index (κ1) is 28.2. The molecule has 222 valence electrons. The van der Waals surface area contributed by atoms with E-state index in [4.69, 9.17) is 0 Å². The zero-order valence-electron chi connectivity index (χ0n) is 24.0. The molecule has 0 aliphatic rings. The van der Waals surface area contributed by atoms with Gasteiger partial charge in [-0.05, 0) is 54.8 Å². The minimum Gasteiger partial charge on any atom is -0.505 e. The number of carbonyl (C=O) groups excluding carboxylic acids is 1. The third-order valence-corrected chi connectivity index (χ3v) is 8.89. The van der Waals surface area contributed by atoms with Gasteiger partial charge in [0.2, 0.25) is 0 Å². The lowest BCUT2D eigenvalue weighted by Gasteiger charge is -2.12. The van der Waals surface area contributed by atoms with Crippen LogP contribution in [-0.4, -0.2) is 28.6 Å². The molecule has 0 saturated heterocycles. The number of phenols is 1. The van der Waals surface area contributed by atoms with Crippen molar-refractivity contribution < 1.29 is 22.9 Å². The summed E-state index contributed by atoms with van der Waals surface area (Å²) in [6.07, 6.45) is 0. The van der Waals surface area contributed by atoms with Crippen LogP contribution in [0.25, 0.3) is 43.4 Å². The van der Waals surface area contributed by atoms with Gasteiger partial charge in [0.05, 0.1) is 11.3 Å². The molecule has 0 fully saturated rings. The number of benzene rings is 6. The summed E-state index contributed by atoms with van der Waals surface area (Å²) < 4.78 is 35.8. The second kappa shape index (κ2) is 10.8. The number of phenolic OH excluding ortho intramolecular Hbond substituents is 1. The molecule has 0 radical (unpaired) electrons. The van der Waals surface area contributed by atoms with E-state index in [1.807, 2.05) is 42.5 Å². The van der Waals surface area contributed by atoms with E-state index >= 15 is 0 Å². The summed E-state index contributed by atoms with van der Waals surface area (Å²) in [7, 11) is -4.47. The number of azo groups is 1. The number of hydrogen-bond acceptors (Lipinski definition) is 6. The molecule has 0 unspecified atom stereocenters. The molecule has 3 N–H and O–H groups in total. The van der Waals surface area contributed by atoms with Crippen LogP contribution < -0.4 is 5.32 Å². The minimum absolute atomic E-state index is 0.0188. The first-order chi connectivity index (χ1) is 21.7. The van der Waals surface area contributed by atoms with Crippen molar-refractivity contribution in [2.45, 2.75) is 18.4 Å². The number of fused-ring (bicyclic) bond motifs is 5. The van der Waals surface area contributed by atoms with Crippen LogP contribution in [0.1, 0.15) is 17.3 Å². The Kier molecular flexibility index (Phi) is 6.80. The Morgan fingerprint density at radius 3 is 2.18 bits per heavy atom. The molecule has 0 aliphatic carbocycles. The first-order valence-corrected chi connectivity index (χ1v) is 15.7. The van der Waals surface area contributed by atoms with Gasteiger partial charge in [0.15, 0.2) is 5.75 Å². The van der Waals surface area contributed by atoms with E-state index in [9.17, 15) is 22.9 Å². The van der Waals surface area contributed by atoms with Crippen molar-refractivity contribution >= 4 is 76.4 Å². The third kappa shape index (κ3) is 4.86. The molecule has 6 aromatic carbocycles. The largest absolute Gasteiger partial charge is 0.505 e. The maximum Gasteiger partial charge on any atom is 0.295 e. The molecular formula is C35H26N4O5S. The number of rotatable bonds is 6. The highest BCUT2D eigenvalue weighted by atomic mass is 32.2. The highest BCUT2D eigenvalue weighted by Gasteiger charge is 2.20. The summed E-state index contributed by atoms with van der Waals surface area (Å²) >= 11 is 0. The van der Waals surface area contributed by atoms with E-state index in [1.165, 1.54) is 12.1 Å². The molecule has 9 nitrogen and oxygen atoms in total. The fraction of sp³-hybridized carbons (Fsp3) is 0.0571. The lowest BCUT2D eigenvalue weighted by Crippen LogP contribution is -2.12. The number of hydrogen-bond donors (Lipinski definition) is 3. The number of aromatic nitrogens is 1. The van der Waals surface area contributed by atoms with Gasteiger partial charge < -0.3 is 15.0 Å². The Balaban J connectivity index is 1.30. The van der Waals surface area contributed by atoms with Crippen LogP contribution in [0, 0.1) is 0 Å². The summed E-state index contributed by atoms with van der Waals surface area (Å²) in [4.78, 5) is 13.4. The van der Waals surface area contributed by atoms with Crippen LogP contribution in [0.5, 0.6) is 5.75 Å². The second-order valence-corrected chi connectivity index (χ2v) is 12.0. The molecule has 10 heteroatoms. The van der Waals surface area contributed by atoms with E-state index in [-0.39, 0.29) is 27.3 Å². The van der Waals surface area contributed by atoms with Gasteiger partial charge in [-0.1, -0.05) is 66.7 Å². The lowest BCUT2D eigenvalue weighted by atomic mass is 10.0. The van der Waals surface area contributed by atoms with Crippen LogP contribution in [0.2, 0.25) is 0 Å². The number of carbonyl (C=O) groups is 1. The van der Waals surface area contributed by atoms with Crippen molar-refractivity contribution in [3.63, 3.8) is 0 Å². The minimum atomic E-state index is -4.47. The second-order valence-electron chi connectivity index (χ2n) is 10.6. The molecule has 1 amide bonds. The molecule has 0 aliphatic heterocycles. The van der Waals surface area contributed by atoms with Crippen LogP contribution in [0.4, 0.5) is 17.1 Å². The summed E-state index contributed by atoms with van der Waals surface area (Å²) in [5, 5.41) is 27.1. The highest BCUT2D eigenvalue weighted by molar-refractivity contribution is 7.86. The lowest BCUT2D eigenvalue weighted by molar-refractivity contribution is 0.102. The summed E-state index contributed by atoms with van der Waals surface area (Å²) in [5.74, 6) is -0.867. The molecule has 7 aromatic rings. The molecular weight excluding hydrogens is 588 g/mol. The zero-order chi connectivity index (χ0) is 31.3. The first-order valence-electron chi connectivity index (χ1n) is 14.2. The van der Waals surface area contributed by atoms with Crippen LogP contribution >= 0.6 is 0 Å². The normalized spacial score (nSPS) is 12.1. The highest BCUT2D eigenvalue weighted by Crippen LogP contribution is 2.41. The van der Waals surface area contributed by atoms with Gasteiger partial charge in [0, 0.05) is 50.2 Å². The van der Waals surface area contributed by atoms with Crippen molar-refractivity contribution in [1.82, 2.24) is 4.57 Å². The van der Waals surface area contributed by atoms with E-state index in [0.717, 1.165) is 28.4 Å². The van der Waals surface area contributed by atoms with Crippen LogP contribution in [0.15, 0.2) is 124 Å². The molecule has 7 rings (SSSR count). The average Bonchev–Trinajstić information content (AvgIpc) is 3.36. The van der Waals surface area contributed by atoms with Crippen molar-refractivity contribution in [2.75, 3.05) is 5.32 Å². The molecule has 45 heavy (non-hydrogen) atoms. The Morgan fingerprint density at radius 1 is 0.756 bits per heavy atom. The summed E-state index contributed by atoms with van der Waals surface area (Å²) in [5.41, 5.74) is 3.17. The number of aromatic hydroxyl groups is 1. The molecule has 0 saturated carbocycles. The molecule has 0 bridgehead atoms. The maximum atomic E-state index is 13.6. The standard InChI is InChI=1S/C35H26N4O5S/c1-2-39-30-14-8-7-12-25(30)27-20-22(15-17-31(27)39)36-35(41)28-19-21-9-3-4-10-23(21)33(34(28)40)38-37-29-16-18-32(45(42,43)44)26-13-6-5-11-24(26)29/h3-20,40H,2H2,1H3,(H,36,41)(H,42,43,44)/b38-37+. The number of nitrogens with zero attached hydrogens (tertiary/aromatic N) is 3. The summed E-state index contributed by atoms with van der Waals surface area (Å²) in [6, 6.07) is 31.9. The zero-order valence-corrected chi connectivity index (χ0v) is 24.8. The van der Waals surface area contributed by atoms with Gasteiger partial charge in [0.1, 0.15) is 10.6 Å². The molecule has 0 atom stereocenters. The van der Waals surface area contributed by atoms with Gasteiger partial charge in [0.25, 0.3) is 16.0 Å². The van der Waals surface area contributed by atoms with Gasteiger partial charge in [-0.2, -0.15) is 8.42 Å². The predicted octanol–water partition coefficient (Wildman–Crippen LogP) is 8.74. The smallest absolute Gasteiger partial charge is 0.295 e.